The molecular weight excluding hydrogens is 332 g/mol. The van der Waals surface area contributed by atoms with Gasteiger partial charge in [0.2, 0.25) is 11.8 Å². The highest BCUT2D eigenvalue weighted by Gasteiger charge is 2.42. The van der Waals surface area contributed by atoms with E-state index in [1.165, 1.54) is 6.92 Å². The predicted octanol–water partition coefficient (Wildman–Crippen LogP) is -1.60. The van der Waals surface area contributed by atoms with Gasteiger partial charge in [-0.15, -0.1) is 0 Å². The molecule has 0 unspecified atom stereocenters. The van der Waals surface area contributed by atoms with Crippen molar-refractivity contribution in [1.82, 2.24) is 16.0 Å². The largest absolute Gasteiger partial charge is 0.480 e. The van der Waals surface area contributed by atoms with Gasteiger partial charge in [0.05, 0.1) is 11.6 Å². The first-order valence-corrected chi connectivity index (χ1v) is 8.22. The van der Waals surface area contributed by atoms with Crippen LogP contribution in [0.25, 0.3) is 0 Å². The van der Waals surface area contributed by atoms with Crippen molar-refractivity contribution in [2.24, 2.45) is 5.73 Å². The van der Waals surface area contributed by atoms with Crippen LogP contribution in [0.2, 0.25) is 0 Å². The normalized spacial score (nSPS) is 18.6. The van der Waals surface area contributed by atoms with Crippen molar-refractivity contribution >= 4 is 23.8 Å². The zero-order valence-electron chi connectivity index (χ0n) is 14.2. The van der Waals surface area contributed by atoms with Crippen LogP contribution in [0.3, 0.4) is 0 Å². The van der Waals surface area contributed by atoms with Crippen molar-refractivity contribution in [3.05, 3.63) is 0 Å². The number of carboxylic acid groups (broad SMARTS) is 2. The van der Waals surface area contributed by atoms with Crippen molar-refractivity contribution in [3.63, 3.8) is 0 Å². The number of hydrogen-bond acceptors (Lipinski definition) is 6. The van der Waals surface area contributed by atoms with E-state index in [9.17, 15) is 24.3 Å². The lowest BCUT2D eigenvalue weighted by Gasteiger charge is -2.38. The van der Waals surface area contributed by atoms with Crippen LogP contribution in [-0.4, -0.2) is 64.7 Å². The Balaban J connectivity index is 2.85. The quantitative estimate of drug-likeness (QED) is 0.286. The number of nitrogens with one attached hydrogen (secondary N) is 3. The second kappa shape index (κ2) is 9.33. The molecule has 0 aromatic carbocycles. The van der Waals surface area contributed by atoms with E-state index in [-0.39, 0.29) is 6.54 Å². The van der Waals surface area contributed by atoms with Crippen molar-refractivity contribution < 1.29 is 29.4 Å². The maximum atomic E-state index is 12.5. The van der Waals surface area contributed by atoms with Gasteiger partial charge in [0.15, 0.2) is 0 Å². The molecule has 0 aromatic heterocycles. The van der Waals surface area contributed by atoms with Crippen LogP contribution in [0.5, 0.6) is 0 Å². The Bertz CT molecular complexity index is 516. The molecule has 1 aliphatic carbocycles. The van der Waals surface area contributed by atoms with Crippen molar-refractivity contribution in [3.8, 4) is 0 Å². The van der Waals surface area contributed by atoms with E-state index in [1.807, 2.05) is 0 Å². The molecule has 2 atom stereocenters. The third-order valence-electron chi connectivity index (χ3n) is 4.18. The van der Waals surface area contributed by atoms with Gasteiger partial charge in [-0.25, -0.2) is 0 Å². The number of carbonyl (C=O) groups excluding carboxylic acids is 2. The van der Waals surface area contributed by atoms with Gasteiger partial charge in [-0.1, -0.05) is 19.3 Å². The minimum absolute atomic E-state index is 0.232. The smallest absolute Gasteiger partial charge is 0.322 e. The van der Waals surface area contributed by atoms with Crippen LogP contribution in [0.1, 0.15) is 39.0 Å². The average molecular weight is 358 g/mol. The highest BCUT2D eigenvalue weighted by atomic mass is 16.4. The molecule has 2 amide bonds. The summed E-state index contributed by atoms with van der Waals surface area (Å²) in [4.78, 5) is 46.2. The Morgan fingerprint density at radius 2 is 1.68 bits per heavy atom. The van der Waals surface area contributed by atoms with Crippen LogP contribution < -0.4 is 21.7 Å². The minimum atomic E-state index is -1.22. The van der Waals surface area contributed by atoms with Crippen LogP contribution in [-0.2, 0) is 19.2 Å². The number of carboxylic acids is 2. The van der Waals surface area contributed by atoms with Crippen LogP contribution in [0.4, 0.5) is 0 Å². The van der Waals surface area contributed by atoms with E-state index in [0.717, 1.165) is 6.42 Å². The summed E-state index contributed by atoms with van der Waals surface area (Å²) in [5.74, 6) is -3.44. The summed E-state index contributed by atoms with van der Waals surface area (Å²) in [6, 6.07) is -1.98. The summed E-state index contributed by atoms with van der Waals surface area (Å²) in [6.45, 7) is 0.700. The van der Waals surface area contributed by atoms with Crippen molar-refractivity contribution in [1.29, 1.82) is 0 Å². The second-order valence-corrected chi connectivity index (χ2v) is 6.29. The van der Waals surface area contributed by atoms with E-state index in [2.05, 4.69) is 16.0 Å². The molecule has 25 heavy (non-hydrogen) atoms. The molecule has 0 saturated heterocycles. The zero-order valence-corrected chi connectivity index (χ0v) is 14.2. The molecule has 7 N–H and O–H groups in total. The van der Waals surface area contributed by atoms with Gasteiger partial charge in [-0.2, -0.15) is 0 Å². The van der Waals surface area contributed by atoms with Gasteiger partial charge >= 0.3 is 11.9 Å². The molecular formula is C15H26N4O6. The van der Waals surface area contributed by atoms with Crippen molar-refractivity contribution in [2.75, 3.05) is 13.1 Å². The monoisotopic (exact) mass is 358 g/mol. The number of aliphatic carboxylic acids is 2. The third kappa shape index (κ3) is 6.31. The third-order valence-corrected chi connectivity index (χ3v) is 4.18. The number of carbonyl (C=O) groups is 4. The summed E-state index contributed by atoms with van der Waals surface area (Å²) in [5.41, 5.74) is 4.25. The van der Waals surface area contributed by atoms with E-state index >= 15 is 0 Å². The fraction of sp³-hybridized carbons (Fsp3) is 0.733. The fourth-order valence-corrected chi connectivity index (χ4v) is 2.81. The Hall–Kier alpha value is -2.20. The van der Waals surface area contributed by atoms with Crippen molar-refractivity contribution in [2.45, 2.75) is 56.7 Å². The zero-order chi connectivity index (χ0) is 19.0. The maximum absolute atomic E-state index is 12.5. The molecule has 0 radical (unpaired) electrons. The molecule has 0 heterocycles. The first-order chi connectivity index (χ1) is 11.7. The van der Waals surface area contributed by atoms with E-state index in [0.29, 0.717) is 25.7 Å². The lowest BCUT2D eigenvalue weighted by molar-refractivity contribution is -0.143. The molecule has 1 saturated carbocycles. The Morgan fingerprint density at radius 1 is 1.08 bits per heavy atom. The van der Waals surface area contributed by atoms with E-state index in [1.54, 1.807) is 0 Å². The molecule has 0 bridgehead atoms. The number of rotatable bonds is 9. The summed E-state index contributed by atoms with van der Waals surface area (Å²) in [6.07, 6.45) is 3.12. The molecule has 0 aliphatic heterocycles. The molecule has 1 rings (SSSR count). The first-order valence-electron chi connectivity index (χ1n) is 8.22. The van der Waals surface area contributed by atoms with E-state index < -0.39 is 47.9 Å². The minimum Gasteiger partial charge on any atom is -0.480 e. The summed E-state index contributed by atoms with van der Waals surface area (Å²) in [7, 11) is 0. The Labute approximate surface area is 145 Å². The Morgan fingerprint density at radius 3 is 2.16 bits per heavy atom. The van der Waals surface area contributed by atoms with E-state index in [4.69, 9.17) is 10.8 Å². The molecule has 0 spiro atoms. The maximum Gasteiger partial charge on any atom is 0.322 e. The van der Waals surface area contributed by atoms with Crippen LogP contribution >= 0.6 is 0 Å². The number of nitrogens with two attached hydrogens (primary N) is 1. The lowest BCUT2D eigenvalue weighted by atomic mass is 9.80. The van der Waals surface area contributed by atoms with Gasteiger partial charge in [-0.3, -0.25) is 24.5 Å². The average Bonchev–Trinajstić information content (AvgIpc) is 2.56. The van der Waals surface area contributed by atoms with Crippen LogP contribution in [0, 0.1) is 0 Å². The van der Waals surface area contributed by atoms with Gasteiger partial charge in [0.1, 0.15) is 12.6 Å². The second-order valence-electron chi connectivity index (χ2n) is 6.29. The first kappa shape index (κ1) is 20.8. The molecule has 10 heteroatoms. The molecule has 0 aromatic rings. The predicted molar refractivity (Wildman–Crippen MR) is 87.7 cm³/mol. The number of amides is 2. The fourth-order valence-electron chi connectivity index (χ4n) is 2.81. The highest BCUT2D eigenvalue weighted by molar-refractivity contribution is 5.90. The van der Waals surface area contributed by atoms with Gasteiger partial charge in [-0.05, 0) is 19.8 Å². The molecule has 1 aliphatic rings. The number of hydrogen-bond donors (Lipinski definition) is 6. The molecule has 142 valence electrons. The molecule has 1 fully saturated rings. The standard InChI is InChI=1S/C15H26N4O6/c1-9(16)12(22)17-7-10(13(23)24)19-15(5-3-2-4-6-15)14(25)18-8-11(20)21/h9-10,19H,2-8,16H2,1H3,(H,17,22)(H,18,25)(H,20,21)(H,23,24)/t9-,10-/m0/s1. The summed E-state index contributed by atoms with van der Waals surface area (Å²) >= 11 is 0. The van der Waals surface area contributed by atoms with Crippen LogP contribution in [0.15, 0.2) is 0 Å². The Kier molecular flexibility index (Phi) is 7.78. The highest BCUT2D eigenvalue weighted by Crippen LogP contribution is 2.29. The van der Waals surface area contributed by atoms with Gasteiger partial charge in [0, 0.05) is 6.54 Å². The SMILES string of the molecule is C[C@H](N)C(=O)NC[C@H](NC1(C(=O)NCC(=O)O)CCCCC1)C(=O)O. The molecule has 10 nitrogen and oxygen atoms in total. The summed E-state index contributed by atoms with van der Waals surface area (Å²) in [5, 5.41) is 25.7. The van der Waals surface area contributed by atoms with Gasteiger partial charge in [0.25, 0.3) is 0 Å². The topological polar surface area (TPSA) is 171 Å². The lowest BCUT2D eigenvalue weighted by Crippen LogP contribution is -2.64. The van der Waals surface area contributed by atoms with Gasteiger partial charge < -0.3 is 26.6 Å². The summed E-state index contributed by atoms with van der Waals surface area (Å²) < 4.78 is 0.